The number of hydrogen-bond donors (Lipinski definition) is 0. The summed E-state index contributed by atoms with van der Waals surface area (Å²) in [4.78, 5) is 14.6. The van der Waals surface area contributed by atoms with Gasteiger partial charge >= 0.3 is 11.5 Å². The van der Waals surface area contributed by atoms with Gasteiger partial charge in [-0.1, -0.05) is 12.2 Å². The predicted molar refractivity (Wildman–Crippen MR) is 51.0 cm³/mol. The van der Waals surface area contributed by atoms with Gasteiger partial charge in [0.15, 0.2) is 0 Å². The Morgan fingerprint density at radius 2 is 2.00 bits per heavy atom. The van der Waals surface area contributed by atoms with Crippen molar-refractivity contribution < 1.29 is 9.53 Å². The fraction of sp³-hybridized carbons (Fsp3) is 0.400. The molecule has 0 aliphatic rings. The van der Waals surface area contributed by atoms with E-state index in [-0.39, 0.29) is 12.8 Å². The monoisotopic (exact) mass is 179 g/mol. The summed E-state index contributed by atoms with van der Waals surface area (Å²) in [5.74, 6) is -0.526. The maximum absolute atomic E-state index is 11.3. The van der Waals surface area contributed by atoms with Gasteiger partial charge in [-0.05, 0) is 0 Å². The summed E-state index contributed by atoms with van der Waals surface area (Å²) in [5, 5.41) is 0. The molecule has 13 heavy (non-hydrogen) atoms. The van der Waals surface area contributed by atoms with Crippen LogP contribution in [0.5, 0.6) is 0 Å². The lowest BCUT2D eigenvalue weighted by atomic mass is 9.92. The maximum atomic E-state index is 11.3. The number of methoxy groups -OCH3 is 1. The highest BCUT2D eigenvalue weighted by molar-refractivity contribution is 5.83. The van der Waals surface area contributed by atoms with E-state index in [0.717, 1.165) is 0 Å². The summed E-state index contributed by atoms with van der Waals surface area (Å²) in [6, 6.07) is 0. The molecule has 0 amide bonds. The number of carbonyl (C=O) groups is 1. The molecule has 0 bridgehead atoms. The molecule has 0 N–H and O–H groups in total. The van der Waals surface area contributed by atoms with Crippen molar-refractivity contribution in [2.75, 3.05) is 7.11 Å². The van der Waals surface area contributed by atoms with E-state index in [0.29, 0.717) is 0 Å². The van der Waals surface area contributed by atoms with Gasteiger partial charge in [-0.25, -0.2) is 11.4 Å². The van der Waals surface area contributed by atoms with Crippen molar-refractivity contribution in [3.05, 3.63) is 36.7 Å². The van der Waals surface area contributed by atoms with Crippen LogP contribution in [0.15, 0.2) is 25.3 Å². The van der Waals surface area contributed by atoms with Crippen molar-refractivity contribution in [1.29, 1.82) is 0 Å². The molecule has 3 heteroatoms. The molecule has 0 aromatic heterocycles. The zero-order valence-electron chi connectivity index (χ0n) is 7.75. The lowest BCUT2D eigenvalue weighted by molar-refractivity contribution is -0.145. The number of nitrogens with zero attached hydrogens (tertiary/aromatic N) is 1. The molecule has 0 aromatic rings. The standard InChI is InChI=1S/C10H13NO2/c1-5-7-10(11-3,8-6-2)9(12)13-4/h5-6H,1-2,7-8H2,4H3. The fourth-order valence-electron chi connectivity index (χ4n) is 1.05. The van der Waals surface area contributed by atoms with Crippen LogP contribution in [0.4, 0.5) is 0 Å². The summed E-state index contributed by atoms with van der Waals surface area (Å²) < 4.78 is 4.56. The minimum atomic E-state index is -1.15. The molecule has 0 saturated heterocycles. The van der Waals surface area contributed by atoms with Crippen LogP contribution >= 0.6 is 0 Å². The average molecular weight is 179 g/mol. The number of hydrogen-bond acceptors (Lipinski definition) is 2. The highest BCUT2D eigenvalue weighted by Gasteiger charge is 2.44. The van der Waals surface area contributed by atoms with E-state index >= 15 is 0 Å². The van der Waals surface area contributed by atoms with E-state index < -0.39 is 11.5 Å². The molecule has 0 radical (unpaired) electrons. The number of rotatable bonds is 5. The maximum Gasteiger partial charge on any atom is 0.393 e. The Kier molecular flexibility index (Phi) is 4.53. The van der Waals surface area contributed by atoms with Gasteiger partial charge in [-0.15, -0.1) is 13.2 Å². The Bertz CT molecular complexity index is 240. The van der Waals surface area contributed by atoms with Gasteiger partial charge in [-0.3, -0.25) is 4.85 Å². The van der Waals surface area contributed by atoms with E-state index in [1.807, 2.05) is 0 Å². The molecule has 0 aliphatic heterocycles. The third-order valence-corrected chi connectivity index (χ3v) is 1.74. The van der Waals surface area contributed by atoms with E-state index in [4.69, 9.17) is 6.57 Å². The SMILES string of the molecule is [C-]#[N+]C(CC=C)(CC=C)C(=O)OC. The molecule has 0 aromatic carbocycles. The Morgan fingerprint density at radius 1 is 1.54 bits per heavy atom. The van der Waals surface area contributed by atoms with Gasteiger partial charge in [-0.2, -0.15) is 0 Å². The first-order valence-corrected chi connectivity index (χ1v) is 3.85. The summed E-state index contributed by atoms with van der Waals surface area (Å²) in [7, 11) is 1.27. The molecule has 0 aliphatic carbocycles. The highest BCUT2D eigenvalue weighted by Crippen LogP contribution is 2.23. The lowest BCUT2D eigenvalue weighted by Crippen LogP contribution is -2.35. The Hall–Kier alpha value is -1.56. The Morgan fingerprint density at radius 3 is 2.23 bits per heavy atom. The van der Waals surface area contributed by atoms with Crippen molar-refractivity contribution in [2.24, 2.45) is 0 Å². The molecular formula is C10H13NO2. The number of carbonyl (C=O) groups excluding carboxylic acids is 1. The number of ether oxygens (including phenoxy) is 1. The van der Waals surface area contributed by atoms with Crippen molar-refractivity contribution in [3.63, 3.8) is 0 Å². The molecule has 0 saturated carbocycles. The summed E-state index contributed by atoms with van der Waals surface area (Å²) in [5.41, 5.74) is -1.15. The zero-order valence-corrected chi connectivity index (χ0v) is 7.75. The Labute approximate surface area is 78.5 Å². The quantitative estimate of drug-likeness (QED) is 0.367. The summed E-state index contributed by atoms with van der Waals surface area (Å²) >= 11 is 0. The largest absolute Gasteiger partial charge is 0.463 e. The van der Waals surface area contributed by atoms with Crippen LogP contribution in [-0.2, 0) is 9.53 Å². The first kappa shape index (κ1) is 11.4. The first-order chi connectivity index (χ1) is 6.16. The molecule has 0 fully saturated rings. The third kappa shape index (κ3) is 2.45. The molecule has 70 valence electrons. The van der Waals surface area contributed by atoms with Crippen LogP contribution in [0.1, 0.15) is 12.8 Å². The minimum Gasteiger partial charge on any atom is -0.463 e. The first-order valence-electron chi connectivity index (χ1n) is 3.85. The van der Waals surface area contributed by atoms with Crippen molar-refractivity contribution in [3.8, 4) is 0 Å². The second-order valence-corrected chi connectivity index (χ2v) is 2.62. The van der Waals surface area contributed by atoms with Crippen LogP contribution < -0.4 is 0 Å². The number of esters is 1. The minimum absolute atomic E-state index is 0.287. The van der Waals surface area contributed by atoms with Crippen LogP contribution in [0.2, 0.25) is 0 Å². The third-order valence-electron chi connectivity index (χ3n) is 1.74. The van der Waals surface area contributed by atoms with Crippen LogP contribution in [-0.4, -0.2) is 18.6 Å². The van der Waals surface area contributed by atoms with Crippen molar-refractivity contribution in [1.82, 2.24) is 0 Å². The van der Waals surface area contributed by atoms with Crippen LogP contribution in [0.3, 0.4) is 0 Å². The second-order valence-electron chi connectivity index (χ2n) is 2.62. The average Bonchev–Trinajstić information content (AvgIpc) is 2.16. The summed E-state index contributed by atoms with van der Waals surface area (Å²) in [6.45, 7) is 14.0. The van der Waals surface area contributed by atoms with E-state index in [2.05, 4.69) is 22.7 Å². The molecule has 0 spiro atoms. The van der Waals surface area contributed by atoms with E-state index in [1.54, 1.807) is 12.2 Å². The molecule has 3 nitrogen and oxygen atoms in total. The topological polar surface area (TPSA) is 30.7 Å². The van der Waals surface area contributed by atoms with Crippen LogP contribution in [0.25, 0.3) is 4.85 Å². The van der Waals surface area contributed by atoms with Crippen molar-refractivity contribution >= 4 is 5.97 Å². The molecule has 0 atom stereocenters. The van der Waals surface area contributed by atoms with E-state index in [1.165, 1.54) is 7.11 Å². The molecule has 0 heterocycles. The summed E-state index contributed by atoms with van der Waals surface area (Å²) in [6.07, 6.45) is 3.65. The Balaban J connectivity index is 4.85. The van der Waals surface area contributed by atoms with Gasteiger partial charge in [0.1, 0.15) is 0 Å². The zero-order chi connectivity index (χ0) is 10.3. The fourth-order valence-corrected chi connectivity index (χ4v) is 1.05. The van der Waals surface area contributed by atoms with Crippen LogP contribution in [0, 0.1) is 6.57 Å². The van der Waals surface area contributed by atoms with Gasteiger partial charge in [0.05, 0.1) is 20.0 Å². The van der Waals surface area contributed by atoms with Gasteiger partial charge in [0.25, 0.3) is 0 Å². The molecule has 0 unspecified atom stereocenters. The van der Waals surface area contributed by atoms with Gasteiger partial charge in [0, 0.05) is 0 Å². The lowest BCUT2D eigenvalue weighted by Gasteiger charge is -2.15. The highest BCUT2D eigenvalue weighted by atomic mass is 16.5. The second kappa shape index (κ2) is 5.15. The van der Waals surface area contributed by atoms with Gasteiger partial charge < -0.3 is 4.74 Å². The molecular weight excluding hydrogens is 166 g/mol. The van der Waals surface area contributed by atoms with E-state index in [9.17, 15) is 4.79 Å². The normalized spacial score (nSPS) is 9.85. The predicted octanol–water partition coefficient (Wildman–Crippen LogP) is 1.97. The van der Waals surface area contributed by atoms with Gasteiger partial charge in [0.2, 0.25) is 0 Å². The molecule has 0 rings (SSSR count). The smallest absolute Gasteiger partial charge is 0.393 e. The van der Waals surface area contributed by atoms with Crippen molar-refractivity contribution in [2.45, 2.75) is 18.4 Å².